The highest BCUT2D eigenvalue weighted by Gasteiger charge is 1.99. The van der Waals surface area contributed by atoms with Gasteiger partial charge < -0.3 is 15.8 Å². The highest BCUT2D eigenvalue weighted by atomic mass is 127. The Hall–Kier alpha value is -1.76. The van der Waals surface area contributed by atoms with E-state index in [1.54, 1.807) is 0 Å². The summed E-state index contributed by atoms with van der Waals surface area (Å²) in [4.78, 5) is 4.19. The van der Waals surface area contributed by atoms with E-state index in [0.717, 1.165) is 30.2 Å². The lowest BCUT2D eigenvalue weighted by atomic mass is 10.3. The van der Waals surface area contributed by atoms with Gasteiger partial charge in [-0.15, -0.1) is 24.0 Å². The van der Waals surface area contributed by atoms with E-state index < -0.39 is 0 Å². The topological polar surface area (TPSA) is 59.6 Å². The molecule has 21 heavy (non-hydrogen) atoms. The Morgan fingerprint density at radius 1 is 1.10 bits per heavy atom. The number of rotatable bonds is 5. The maximum Gasteiger partial charge on any atom is 0.193 e. The van der Waals surface area contributed by atoms with Crippen LogP contribution in [0.25, 0.3) is 0 Å². The van der Waals surface area contributed by atoms with E-state index >= 15 is 0 Å². The number of nitrogens with one attached hydrogen (secondary N) is 1. The second kappa shape index (κ2) is 9.23. The summed E-state index contributed by atoms with van der Waals surface area (Å²) in [5.74, 6) is 1.98. The number of guanidine groups is 1. The minimum atomic E-state index is 0. The lowest BCUT2D eigenvalue weighted by Gasteiger charge is -2.09. The van der Waals surface area contributed by atoms with Crippen molar-refractivity contribution in [2.45, 2.75) is 13.3 Å². The van der Waals surface area contributed by atoms with Crippen LogP contribution in [0.15, 0.2) is 59.6 Å². The smallest absolute Gasteiger partial charge is 0.193 e. The van der Waals surface area contributed by atoms with Crippen LogP contribution in [0.2, 0.25) is 0 Å². The van der Waals surface area contributed by atoms with Gasteiger partial charge in [0.25, 0.3) is 0 Å². The zero-order chi connectivity index (χ0) is 14.2. The third kappa shape index (κ3) is 6.03. The van der Waals surface area contributed by atoms with Gasteiger partial charge in [-0.3, -0.25) is 4.99 Å². The number of nitrogens with zero attached hydrogens (tertiary/aromatic N) is 1. The highest BCUT2D eigenvalue weighted by molar-refractivity contribution is 14.0. The molecule has 0 aliphatic carbocycles. The first-order chi connectivity index (χ1) is 9.78. The Morgan fingerprint density at radius 3 is 2.52 bits per heavy atom. The molecule has 0 spiro atoms. The first-order valence-corrected chi connectivity index (χ1v) is 6.68. The number of halogens is 1. The van der Waals surface area contributed by atoms with E-state index in [0.29, 0.717) is 5.96 Å². The van der Waals surface area contributed by atoms with Crippen molar-refractivity contribution in [1.29, 1.82) is 0 Å². The summed E-state index contributed by atoms with van der Waals surface area (Å²) in [6.45, 7) is 2.78. The predicted molar refractivity (Wildman–Crippen MR) is 98.8 cm³/mol. The number of hydrogen-bond donors (Lipinski definition) is 2. The molecule has 0 radical (unpaired) electrons. The zero-order valence-electron chi connectivity index (χ0n) is 12.0. The fraction of sp³-hybridized carbons (Fsp3) is 0.188. The van der Waals surface area contributed by atoms with Gasteiger partial charge in [-0.2, -0.15) is 0 Å². The quantitative estimate of drug-likeness (QED) is 0.451. The first-order valence-electron chi connectivity index (χ1n) is 6.68. The Balaban J connectivity index is 0.00000220. The zero-order valence-corrected chi connectivity index (χ0v) is 14.3. The van der Waals surface area contributed by atoms with E-state index in [1.165, 1.54) is 0 Å². The summed E-state index contributed by atoms with van der Waals surface area (Å²) < 4.78 is 5.76. The lowest BCUT2D eigenvalue weighted by molar-refractivity contribution is 0.483. The van der Waals surface area contributed by atoms with Crippen molar-refractivity contribution in [2.24, 2.45) is 10.7 Å². The third-order valence-electron chi connectivity index (χ3n) is 2.59. The first kappa shape index (κ1) is 17.3. The van der Waals surface area contributed by atoms with Gasteiger partial charge in [-0.1, -0.05) is 31.2 Å². The molecular weight excluding hydrogens is 377 g/mol. The van der Waals surface area contributed by atoms with Gasteiger partial charge in [0, 0.05) is 18.3 Å². The van der Waals surface area contributed by atoms with Crippen LogP contribution < -0.4 is 15.8 Å². The normalized spacial score (nSPS) is 10.6. The molecule has 0 bridgehead atoms. The van der Waals surface area contributed by atoms with Crippen molar-refractivity contribution < 1.29 is 4.74 Å². The van der Waals surface area contributed by atoms with Gasteiger partial charge in [-0.05, 0) is 30.7 Å². The molecule has 2 aromatic rings. The molecule has 0 aliphatic rings. The van der Waals surface area contributed by atoms with Gasteiger partial charge >= 0.3 is 0 Å². The second-order valence-corrected chi connectivity index (χ2v) is 4.33. The van der Waals surface area contributed by atoms with Crippen LogP contribution in [-0.4, -0.2) is 12.5 Å². The summed E-state index contributed by atoms with van der Waals surface area (Å²) in [6.07, 6.45) is 0.972. The number of aliphatic imine (C=N–C) groups is 1. The number of benzene rings is 2. The van der Waals surface area contributed by atoms with Crippen molar-refractivity contribution in [1.82, 2.24) is 0 Å². The van der Waals surface area contributed by atoms with Crippen LogP contribution in [0.3, 0.4) is 0 Å². The molecule has 3 N–H and O–H groups in total. The van der Waals surface area contributed by atoms with Crippen molar-refractivity contribution in [3.05, 3.63) is 54.6 Å². The van der Waals surface area contributed by atoms with Crippen LogP contribution in [-0.2, 0) is 0 Å². The molecule has 0 atom stereocenters. The number of nitrogens with two attached hydrogens (primary N) is 1. The summed E-state index contributed by atoms with van der Waals surface area (Å²) in [5, 5.41) is 3.05. The average molecular weight is 397 g/mol. The van der Waals surface area contributed by atoms with Gasteiger partial charge in [0.2, 0.25) is 0 Å². The van der Waals surface area contributed by atoms with Crippen LogP contribution in [0.5, 0.6) is 11.5 Å². The summed E-state index contributed by atoms with van der Waals surface area (Å²) >= 11 is 0. The van der Waals surface area contributed by atoms with Crippen molar-refractivity contribution in [2.75, 3.05) is 11.9 Å². The van der Waals surface area contributed by atoms with E-state index in [2.05, 4.69) is 17.2 Å². The van der Waals surface area contributed by atoms with E-state index in [9.17, 15) is 0 Å². The number of hydrogen-bond acceptors (Lipinski definition) is 2. The Bertz CT molecular complexity index is 573. The van der Waals surface area contributed by atoms with Crippen molar-refractivity contribution >= 4 is 35.6 Å². The molecule has 0 heterocycles. The van der Waals surface area contributed by atoms with Crippen LogP contribution in [0.1, 0.15) is 13.3 Å². The maximum atomic E-state index is 5.79. The average Bonchev–Trinajstić information content (AvgIpc) is 2.46. The standard InChI is InChI=1S/C16H19N3O.HI/c1-2-11-18-16(17)19-13-7-6-10-15(12-13)20-14-8-4-3-5-9-14;/h3-10,12H,2,11H2,1H3,(H3,17,18,19);1H. The van der Waals surface area contributed by atoms with E-state index in [1.807, 2.05) is 54.6 Å². The monoisotopic (exact) mass is 397 g/mol. The molecule has 0 saturated heterocycles. The van der Waals surface area contributed by atoms with Crippen LogP contribution in [0.4, 0.5) is 5.69 Å². The predicted octanol–water partition coefficient (Wildman–Crippen LogP) is 4.23. The summed E-state index contributed by atoms with van der Waals surface area (Å²) in [7, 11) is 0. The Labute approximate surface area is 142 Å². The molecule has 0 saturated carbocycles. The van der Waals surface area contributed by atoms with E-state index in [4.69, 9.17) is 10.5 Å². The van der Waals surface area contributed by atoms with Gasteiger partial charge in [0.15, 0.2) is 5.96 Å². The van der Waals surface area contributed by atoms with Gasteiger partial charge in [-0.25, -0.2) is 0 Å². The maximum absolute atomic E-state index is 5.79. The molecule has 0 amide bonds. The van der Waals surface area contributed by atoms with Gasteiger partial charge in [0.1, 0.15) is 11.5 Å². The molecule has 0 aliphatic heterocycles. The summed E-state index contributed by atoms with van der Waals surface area (Å²) in [6, 6.07) is 17.3. The fourth-order valence-electron chi connectivity index (χ4n) is 1.68. The van der Waals surface area contributed by atoms with Gasteiger partial charge in [0.05, 0.1) is 0 Å². The minimum Gasteiger partial charge on any atom is -0.457 e. The lowest BCUT2D eigenvalue weighted by Crippen LogP contribution is -2.22. The summed E-state index contributed by atoms with van der Waals surface area (Å²) in [5.41, 5.74) is 6.65. The largest absolute Gasteiger partial charge is 0.457 e. The van der Waals surface area contributed by atoms with E-state index in [-0.39, 0.29) is 24.0 Å². The minimum absolute atomic E-state index is 0. The molecule has 2 aromatic carbocycles. The number of anilines is 1. The van der Waals surface area contributed by atoms with Crippen LogP contribution >= 0.6 is 24.0 Å². The molecule has 0 fully saturated rings. The fourth-order valence-corrected chi connectivity index (χ4v) is 1.68. The highest BCUT2D eigenvalue weighted by Crippen LogP contribution is 2.23. The third-order valence-corrected chi connectivity index (χ3v) is 2.59. The Kier molecular flexibility index (Phi) is 7.60. The van der Waals surface area contributed by atoms with Crippen molar-refractivity contribution in [3.63, 3.8) is 0 Å². The van der Waals surface area contributed by atoms with Crippen molar-refractivity contribution in [3.8, 4) is 11.5 Å². The molecule has 0 aromatic heterocycles. The Morgan fingerprint density at radius 2 is 1.81 bits per heavy atom. The molecular formula is C16H20IN3O. The molecule has 112 valence electrons. The molecule has 2 rings (SSSR count). The second-order valence-electron chi connectivity index (χ2n) is 4.33. The van der Waals surface area contributed by atoms with Crippen LogP contribution in [0, 0.1) is 0 Å². The number of para-hydroxylation sites is 1. The SMILES string of the molecule is CCCN=C(N)Nc1cccc(Oc2ccccc2)c1.I. The molecule has 4 nitrogen and oxygen atoms in total. The number of ether oxygens (including phenoxy) is 1. The molecule has 5 heteroatoms. The molecule has 0 unspecified atom stereocenters.